The molecule has 0 amide bonds. The zero-order chi connectivity index (χ0) is 13.2. The summed E-state index contributed by atoms with van der Waals surface area (Å²) >= 11 is 2.95. The third-order valence-electron chi connectivity index (χ3n) is 2.00. The van der Waals surface area contributed by atoms with Crippen molar-refractivity contribution >= 4 is 31.8 Å². The molecule has 1 heterocycles. The molecule has 8 heteroatoms. The molecule has 0 aliphatic heterocycles. The van der Waals surface area contributed by atoms with Crippen LogP contribution in [0.25, 0.3) is 0 Å². The Hall–Kier alpha value is -1.54. The molecule has 1 aromatic carbocycles. The summed E-state index contributed by atoms with van der Waals surface area (Å²) < 4.78 is 39.5. The lowest BCUT2D eigenvalue weighted by Crippen LogP contribution is -2.14. The average molecular weight is 332 g/mol. The predicted molar refractivity (Wildman–Crippen MR) is 66.9 cm³/mol. The first-order chi connectivity index (χ1) is 8.49. The number of nitrogens with zero attached hydrogens (tertiary/aromatic N) is 2. The zero-order valence-corrected chi connectivity index (χ0v) is 11.2. The normalized spacial score (nSPS) is 11.2. The number of aromatic nitrogens is 2. The first-order valence-electron chi connectivity index (χ1n) is 4.73. The summed E-state index contributed by atoms with van der Waals surface area (Å²) in [6, 6.07) is 3.52. The SMILES string of the molecule is O=S(=O)(Nc1cnccn1)c1ccc(Br)c(F)c1. The third kappa shape index (κ3) is 2.82. The van der Waals surface area contributed by atoms with Crippen molar-refractivity contribution in [2.75, 3.05) is 4.72 Å². The molecule has 0 spiro atoms. The van der Waals surface area contributed by atoms with Gasteiger partial charge in [0.2, 0.25) is 0 Å². The first kappa shape index (κ1) is 12.9. The van der Waals surface area contributed by atoms with Crippen molar-refractivity contribution in [2.24, 2.45) is 0 Å². The van der Waals surface area contributed by atoms with Crippen molar-refractivity contribution in [3.05, 3.63) is 47.1 Å². The van der Waals surface area contributed by atoms with Gasteiger partial charge in [-0.1, -0.05) is 0 Å². The van der Waals surface area contributed by atoms with Crippen LogP contribution >= 0.6 is 15.9 Å². The van der Waals surface area contributed by atoms with Gasteiger partial charge in [-0.3, -0.25) is 9.71 Å². The molecule has 0 unspecified atom stereocenters. The van der Waals surface area contributed by atoms with Gasteiger partial charge >= 0.3 is 0 Å². The van der Waals surface area contributed by atoms with Crippen LogP contribution in [0.4, 0.5) is 10.2 Å². The van der Waals surface area contributed by atoms with Gasteiger partial charge in [0, 0.05) is 12.4 Å². The predicted octanol–water partition coefficient (Wildman–Crippen LogP) is 2.18. The van der Waals surface area contributed by atoms with Crippen LogP contribution < -0.4 is 4.72 Å². The van der Waals surface area contributed by atoms with E-state index in [1.54, 1.807) is 0 Å². The molecule has 0 fully saturated rings. The van der Waals surface area contributed by atoms with E-state index in [1.807, 2.05) is 0 Å². The summed E-state index contributed by atoms with van der Waals surface area (Å²) in [5.41, 5.74) is 0. The van der Waals surface area contributed by atoms with Crippen LogP contribution in [-0.4, -0.2) is 18.4 Å². The molecule has 0 bridgehead atoms. The number of hydrogen-bond acceptors (Lipinski definition) is 4. The molecule has 0 saturated heterocycles. The molecule has 0 saturated carbocycles. The lowest BCUT2D eigenvalue weighted by atomic mass is 10.3. The smallest absolute Gasteiger partial charge is 0.262 e. The van der Waals surface area contributed by atoms with Crippen molar-refractivity contribution in [3.8, 4) is 0 Å². The summed E-state index contributed by atoms with van der Waals surface area (Å²) in [6.07, 6.45) is 4.02. The van der Waals surface area contributed by atoms with Crippen molar-refractivity contribution in [1.29, 1.82) is 0 Å². The standard InChI is InChI=1S/C10H7BrFN3O2S/c11-8-2-1-7(5-9(8)12)18(16,17)15-10-6-13-3-4-14-10/h1-6H,(H,14,15). The van der Waals surface area contributed by atoms with Gasteiger partial charge in [0.05, 0.1) is 15.6 Å². The van der Waals surface area contributed by atoms with E-state index in [0.717, 1.165) is 6.07 Å². The maximum atomic E-state index is 13.3. The second kappa shape index (κ2) is 4.99. The molecule has 0 radical (unpaired) electrons. The highest BCUT2D eigenvalue weighted by atomic mass is 79.9. The summed E-state index contributed by atoms with van der Waals surface area (Å²) in [7, 11) is -3.87. The van der Waals surface area contributed by atoms with Gasteiger partial charge in [0.1, 0.15) is 5.82 Å². The van der Waals surface area contributed by atoms with Gasteiger partial charge in [-0.25, -0.2) is 17.8 Å². The van der Waals surface area contributed by atoms with Crippen LogP contribution in [0.5, 0.6) is 0 Å². The Morgan fingerprint density at radius 3 is 2.67 bits per heavy atom. The van der Waals surface area contributed by atoms with Crippen molar-refractivity contribution in [3.63, 3.8) is 0 Å². The molecular weight excluding hydrogens is 325 g/mol. The molecule has 1 N–H and O–H groups in total. The summed E-state index contributed by atoms with van der Waals surface area (Å²) in [5, 5.41) is 0. The monoisotopic (exact) mass is 331 g/mol. The minimum atomic E-state index is -3.87. The average Bonchev–Trinajstić information content (AvgIpc) is 2.33. The fraction of sp³-hybridized carbons (Fsp3) is 0. The Labute approximate surface area is 111 Å². The van der Waals surface area contributed by atoms with Crippen molar-refractivity contribution < 1.29 is 12.8 Å². The lowest BCUT2D eigenvalue weighted by Gasteiger charge is -2.07. The van der Waals surface area contributed by atoms with Crippen molar-refractivity contribution in [1.82, 2.24) is 9.97 Å². The molecule has 5 nitrogen and oxygen atoms in total. The van der Waals surface area contributed by atoms with Crippen molar-refractivity contribution in [2.45, 2.75) is 4.90 Å². The van der Waals surface area contributed by atoms with Crippen LogP contribution in [0.15, 0.2) is 46.2 Å². The third-order valence-corrected chi connectivity index (χ3v) is 4.00. The minimum Gasteiger partial charge on any atom is -0.262 e. The Balaban J connectivity index is 2.34. The topological polar surface area (TPSA) is 72.0 Å². The summed E-state index contributed by atoms with van der Waals surface area (Å²) in [4.78, 5) is 7.31. The second-order valence-electron chi connectivity index (χ2n) is 3.27. The fourth-order valence-corrected chi connectivity index (χ4v) is 2.44. The Kier molecular flexibility index (Phi) is 3.58. The van der Waals surface area contributed by atoms with E-state index in [0.29, 0.717) is 0 Å². The Morgan fingerprint density at radius 2 is 2.06 bits per heavy atom. The zero-order valence-electron chi connectivity index (χ0n) is 8.84. The lowest BCUT2D eigenvalue weighted by molar-refractivity contribution is 0.593. The van der Waals surface area contributed by atoms with Gasteiger partial charge in [-0.2, -0.15) is 0 Å². The first-order valence-corrected chi connectivity index (χ1v) is 7.00. The van der Waals surface area contributed by atoms with E-state index in [4.69, 9.17) is 0 Å². The van der Waals surface area contributed by atoms with Gasteiger partial charge in [-0.05, 0) is 34.1 Å². The Morgan fingerprint density at radius 1 is 1.28 bits per heavy atom. The molecule has 0 atom stereocenters. The van der Waals surface area contributed by atoms with Gasteiger partial charge in [-0.15, -0.1) is 0 Å². The highest BCUT2D eigenvalue weighted by Crippen LogP contribution is 2.20. The largest absolute Gasteiger partial charge is 0.263 e. The maximum Gasteiger partial charge on any atom is 0.263 e. The van der Waals surface area contributed by atoms with Crippen LogP contribution in [0.1, 0.15) is 0 Å². The highest BCUT2D eigenvalue weighted by Gasteiger charge is 2.16. The van der Waals surface area contributed by atoms with E-state index in [-0.39, 0.29) is 15.2 Å². The van der Waals surface area contributed by atoms with Gasteiger partial charge in [0.15, 0.2) is 5.82 Å². The van der Waals surface area contributed by atoms with E-state index >= 15 is 0 Å². The number of anilines is 1. The molecule has 0 aliphatic carbocycles. The second-order valence-corrected chi connectivity index (χ2v) is 5.81. The molecule has 2 rings (SSSR count). The molecule has 2 aromatic rings. The number of rotatable bonds is 3. The molecule has 1 aromatic heterocycles. The van der Waals surface area contributed by atoms with Crippen LogP contribution in [-0.2, 0) is 10.0 Å². The number of halogens is 2. The van der Waals surface area contributed by atoms with E-state index in [1.165, 1.54) is 30.7 Å². The number of sulfonamides is 1. The highest BCUT2D eigenvalue weighted by molar-refractivity contribution is 9.10. The van der Waals surface area contributed by atoms with Crippen LogP contribution in [0.3, 0.4) is 0 Å². The minimum absolute atomic E-state index is 0.0702. The molecule has 18 heavy (non-hydrogen) atoms. The molecular formula is C10H7BrFN3O2S. The summed E-state index contributed by atoms with van der Waals surface area (Å²) in [6.45, 7) is 0. The molecule has 0 aliphatic rings. The van der Waals surface area contributed by atoms with E-state index in [2.05, 4.69) is 30.6 Å². The van der Waals surface area contributed by atoms with Crippen LogP contribution in [0, 0.1) is 5.82 Å². The number of benzene rings is 1. The van der Waals surface area contributed by atoms with E-state index < -0.39 is 15.8 Å². The van der Waals surface area contributed by atoms with Gasteiger partial charge in [0.25, 0.3) is 10.0 Å². The quantitative estimate of drug-likeness (QED) is 0.935. The Bertz CT molecular complexity index is 664. The van der Waals surface area contributed by atoms with Crippen LogP contribution in [0.2, 0.25) is 0 Å². The maximum absolute atomic E-state index is 13.3. The van der Waals surface area contributed by atoms with Gasteiger partial charge < -0.3 is 0 Å². The molecule has 94 valence electrons. The van der Waals surface area contributed by atoms with E-state index in [9.17, 15) is 12.8 Å². The number of nitrogens with one attached hydrogen (secondary N) is 1. The summed E-state index contributed by atoms with van der Waals surface area (Å²) in [5.74, 6) is -0.585. The fourth-order valence-electron chi connectivity index (χ4n) is 1.19. The number of hydrogen-bond donors (Lipinski definition) is 1.